The third kappa shape index (κ3) is 5.33. The molecule has 0 aliphatic rings. The van der Waals surface area contributed by atoms with Crippen LogP contribution in [-0.4, -0.2) is 19.9 Å². The van der Waals surface area contributed by atoms with Crippen molar-refractivity contribution >= 4 is 49.2 Å². The fraction of sp³-hybridized carbons (Fsp3) is 0. The topological polar surface area (TPSA) is 55.9 Å². The number of hydrogen-bond acceptors (Lipinski definition) is 4. The Balaban J connectivity index is 1.14. The molecule has 3 heterocycles. The third-order valence-electron chi connectivity index (χ3n) is 10.2. The molecular weight excluding hydrogens is 659 g/mol. The van der Waals surface area contributed by atoms with Gasteiger partial charge in [-0.1, -0.05) is 121 Å². The molecule has 0 saturated carbocycles. The predicted molar refractivity (Wildman–Crippen MR) is 221 cm³/mol. The lowest BCUT2D eigenvalue weighted by Crippen LogP contribution is -1.96. The standard InChI is InChI=1S/C49H29N5/c1-50-37-16-8-13-34(28-37)31-21-23-32(24-22-31)41-29-43-39-19-10-26-52-48(39)42(30-44(43)38-18-9-25-51-47(38)41)35-14-7-15-36(27-35)49-53-45-20-6-5-17-40(45)46(54-49)33-11-3-2-4-12-33/h2-30H. The maximum atomic E-state index is 7.42. The van der Waals surface area contributed by atoms with E-state index in [-0.39, 0.29) is 0 Å². The van der Waals surface area contributed by atoms with Gasteiger partial charge in [-0.3, -0.25) is 9.97 Å². The van der Waals surface area contributed by atoms with Crippen LogP contribution in [0.15, 0.2) is 176 Å². The zero-order valence-corrected chi connectivity index (χ0v) is 29.0. The summed E-state index contributed by atoms with van der Waals surface area (Å²) in [5.74, 6) is 0.678. The molecular formula is C49H29N5. The van der Waals surface area contributed by atoms with E-state index in [9.17, 15) is 0 Å². The van der Waals surface area contributed by atoms with Gasteiger partial charge >= 0.3 is 0 Å². The highest BCUT2D eigenvalue weighted by Gasteiger charge is 2.17. The first-order valence-corrected chi connectivity index (χ1v) is 17.8. The van der Waals surface area contributed by atoms with Crippen LogP contribution in [0.3, 0.4) is 0 Å². The summed E-state index contributed by atoms with van der Waals surface area (Å²) in [6.07, 6.45) is 3.73. The molecule has 3 aromatic heterocycles. The first-order valence-electron chi connectivity index (χ1n) is 17.8. The second-order valence-electron chi connectivity index (χ2n) is 13.3. The van der Waals surface area contributed by atoms with E-state index >= 15 is 0 Å². The number of hydrogen-bond donors (Lipinski definition) is 0. The highest BCUT2D eigenvalue weighted by Crippen LogP contribution is 2.41. The summed E-state index contributed by atoms with van der Waals surface area (Å²) in [6, 6.07) is 56.1. The molecule has 0 bridgehead atoms. The Kier molecular flexibility index (Phi) is 7.45. The van der Waals surface area contributed by atoms with Crippen LogP contribution in [0, 0.1) is 6.57 Å². The van der Waals surface area contributed by atoms with Crippen molar-refractivity contribution in [2.45, 2.75) is 0 Å². The van der Waals surface area contributed by atoms with E-state index in [1.54, 1.807) is 0 Å². The molecule has 0 unspecified atom stereocenters. The number of para-hydroxylation sites is 1. The van der Waals surface area contributed by atoms with E-state index in [0.717, 1.165) is 93.7 Å². The number of rotatable bonds is 5. The monoisotopic (exact) mass is 687 g/mol. The second kappa shape index (κ2) is 12.9. The molecule has 5 heteroatoms. The summed E-state index contributed by atoms with van der Waals surface area (Å²) in [6.45, 7) is 7.42. The van der Waals surface area contributed by atoms with Crippen LogP contribution in [0.4, 0.5) is 5.69 Å². The molecule has 0 amide bonds. The van der Waals surface area contributed by atoms with E-state index in [2.05, 4.69) is 102 Å². The lowest BCUT2D eigenvalue weighted by atomic mass is 9.90. The quantitative estimate of drug-likeness (QED) is 0.133. The van der Waals surface area contributed by atoms with E-state index < -0.39 is 0 Å². The maximum absolute atomic E-state index is 7.42. The van der Waals surface area contributed by atoms with Crippen molar-refractivity contribution in [2.75, 3.05) is 0 Å². The lowest BCUT2D eigenvalue weighted by molar-refractivity contribution is 1.23. The van der Waals surface area contributed by atoms with Crippen LogP contribution in [0.5, 0.6) is 0 Å². The fourth-order valence-corrected chi connectivity index (χ4v) is 7.59. The maximum Gasteiger partial charge on any atom is 0.187 e. The summed E-state index contributed by atoms with van der Waals surface area (Å²) >= 11 is 0. The molecule has 10 aromatic rings. The fourth-order valence-electron chi connectivity index (χ4n) is 7.59. The van der Waals surface area contributed by atoms with Gasteiger partial charge in [0.1, 0.15) is 0 Å². The van der Waals surface area contributed by atoms with Crippen molar-refractivity contribution in [3.63, 3.8) is 0 Å². The van der Waals surface area contributed by atoms with E-state index in [1.165, 1.54) is 0 Å². The van der Waals surface area contributed by atoms with Gasteiger partial charge in [0.25, 0.3) is 0 Å². The van der Waals surface area contributed by atoms with Crippen LogP contribution in [0.1, 0.15) is 0 Å². The van der Waals surface area contributed by atoms with Crippen LogP contribution >= 0.6 is 0 Å². The number of fused-ring (bicyclic) bond motifs is 6. The van der Waals surface area contributed by atoms with Gasteiger partial charge in [-0.25, -0.2) is 14.8 Å². The van der Waals surface area contributed by atoms with Crippen LogP contribution in [0.2, 0.25) is 0 Å². The average molecular weight is 688 g/mol. The van der Waals surface area contributed by atoms with Crippen molar-refractivity contribution in [2.24, 2.45) is 0 Å². The minimum absolute atomic E-state index is 0.632. The first kappa shape index (κ1) is 31.2. The summed E-state index contributed by atoms with van der Waals surface area (Å²) in [5, 5.41) is 5.41. The van der Waals surface area contributed by atoms with E-state index in [4.69, 9.17) is 26.5 Å². The summed E-state index contributed by atoms with van der Waals surface area (Å²) in [4.78, 5) is 23.7. The summed E-state index contributed by atoms with van der Waals surface area (Å²) in [5.41, 5.74) is 12.6. The molecule has 0 spiro atoms. The number of pyridine rings is 2. The Morgan fingerprint density at radius 2 is 0.981 bits per heavy atom. The minimum atomic E-state index is 0.632. The molecule has 7 aromatic carbocycles. The molecule has 0 aliphatic carbocycles. The van der Waals surface area contributed by atoms with Crippen molar-refractivity contribution in [3.05, 3.63) is 188 Å². The molecule has 0 saturated heterocycles. The van der Waals surface area contributed by atoms with E-state index in [1.807, 2.05) is 79.1 Å². The Labute approximate surface area is 311 Å². The number of aromatic nitrogens is 4. The van der Waals surface area contributed by atoms with Crippen molar-refractivity contribution < 1.29 is 0 Å². The first-order chi connectivity index (χ1) is 26.7. The Bertz CT molecular complexity index is 3110. The zero-order chi connectivity index (χ0) is 36.0. The van der Waals surface area contributed by atoms with Gasteiger partial charge in [0.15, 0.2) is 11.5 Å². The van der Waals surface area contributed by atoms with Gasteiger partial charge in [-0.15, -0.1) is 0 Å². The SMILES string of the molecule is [C-]#[N+]c1cccc(-c2ccc(-c3cc4c5cccnc5c(-c5cccc(-c6nc(-c7ccccc7)c7ccccc7n6)c5)cc4c4cccnc34)cc2)c1. The van der Waals surface area contributed by atoms with Gasteiger partial charge in [0.05, 0.1) is 28.8 Å². The van der Waals surface area contributed by atoms with Gasteiger partial charge in [0, 0.05) is 50.8 Å². The summed E-state index contributed by atoms with van der Waals surface area (Å²) < 4.78 is 0. The van der Waals surface area contributed by atoms with Gasteiger partial charge in [0.2, 0.25) is 0 Å². The zero-order valence-electron chi connectivity index (χ0n) is 29.0. The molecule has 0 fully saturated rings. The third-order valence-corrected chi connectivity index (χ3v) is 10.2. The molecule has 5 nitrogen and oxygen atoms in total. The Hall–Kier alpha value is -7.55. The largest absolute Gasteiger partial charge is 0.256 e. The Morgan fingerprint density at radius 3 is 1.72 bits per heavy atom. The van der Waals surface area contributed by atoms with Crippen molar-refractivity contribution in [1.29, 1.82) is 0 Å². The smallest absolute Gasteiger partial charge is 0.187 e. The van der Waals surface area contributed by atoms with E-state index in [0.29, 0.717) is 11.5 Å². The molecule has 250 valence electrons. The molecule has 0 N–H and O–H groups in total. The average Bonchev–Trinajstić information content (AvgIpc) is 3.26. The van der Waals surface area contributed by atoms with Gasteiger partial charge in [-0.05, 0) is 75.5 Å². The van der Waals surface area contributed by atoms with Crippen molar-refractivity contribution in [3.8, 4) is 56.0 Å². The minimum Gasteiger partial charge on any atom is -0.256 e. The molecule has 10 rings (SSSR count). The molecule has 0 radical (unpaired) electrons. The lowest BCUT2D eigenvalue weighted by Gasteiger charge is -2.15. The predicted octanol–water partition coefficient (Wildman–Crippen LogP) is 12.8. The Morgan fingerprint density at radius 1 is 0.389 bits per heavy atom. The number of nitrogens with zero attached hydrogens (tertiary/aromatic N) is 5. The number of benzene rings is 7. The van der Waals surface area contributed by atoms with Crippen LogP contribution < -0.4 is 0 Å². The van der Waals surface area contributed by atoms with Crippen LogP contribution in [0.25, 0.3) is 104 Å². The summed E-state index contributed by atoms with van der Waals surface area (Å²) in [7, 11) is 0. The van der Waals surface area contributed by atoms with Crippen LogP contribution in [-0.2, 0) is 0 Å². The molecule has 0 aliphatic heterocycles. The van der Waals surface area contributed by atoms with Crippen molar-refractivity contribution in [1.82, 2.24) is 19.9 Å². The highest BCUT2D eigenvalue weighted by molar-refractivity contribution is 6.22. The normalized spacial score (nSPS) is 11.3. The second-order valence-corrected chi connectivity index (χ2v) is 13.3. The van der Waals surface area contributed by atoms with Gasteiger partial charge < -0.3 is 0 Å². The molecule has 54 heavy (non-hydrogen) atoms. The highest BCUT2D eigenvalue weighted by atomic mass is 14.9. The molecule has 0 atom stereocenters. The van der Waals surface area contributed by atoms with Gasteiger partial charge in [-0.2, -0.15) is 0 Å².